The van der Waals surface area contributed by atoms with Gasteiger partial charge in [-0.05, 0) is 41.8 Å². The molecular weight excluding hydrogens is 339 g/mol. The van der Waals surface area contributed by atoms with Crippen molar-refractivity contribution in [3.8, 4) is 0 Å². The van der Waals surface area contributed by atoms with Crippen LogP contribution in [0.2, 0.25) is 0 Å². The first kappa shape index (κ1) is 17.4. The zero-order valence-corrected chi connectivity index (χ0v) is 14.9. The molecule has 3 nitrogen and oxygen atoms in total. The largest absolute Gasteiger partial charge is 0.352 e. The predicted octanol–water partition coefficient (Wildman–Crippen LogP) is 4.22. The van der Waals surface area contributed by atoms with Gasteiger partial charge < -0.3 is 5.32 Å². The molecule has 1 amide bonds. The summed E-state index contributed by atoms with van der Waals surface area (Å²) in [5, 5.41) is 3.06. The Morgan fingerprint density at radius 2 is 1.78 bits per heavy atom. The molecule has 0 bridgehead atoms. The van der Waals surface area contributed by atoms with Crippen LogP contribution in [-0.2, 0) is 11.2 Å². The lowest BCUT2D eigenvalue weighted by Crippen LogP contribution is -2.32. The number of carbonyl (C=O) groups excluding carboxylic acids is 1. The number of hydrogen-bond acceptors (Lipinski definition) is 2. The van der Waals surface area contributed by atoms with Gasteiger partial charge in [0.25, 0.3) is 0 Å². The maximum atomic E-state index is 13.4. The lowest BCUT2D eigenvalue weighted by atomic mass is 9.87. The SMILES string of the molecule is O=C1CC[C@H]([C@@H](c2ccc(F)cc2)c2cccc(Cc3ccccc3)n2)N1. The Bertz CT molecular complexity index is 925. The van der Waals surface area contributed by atoms with Gasteiger partial charge in [0, 0.05) is 30.5 Å². The van der Waals surface area contributed by atoms with Gasteiger partial charge in [-0.2, -0.15) is 0 Å². The van der Waals surface area contributed by atoms with Crippen LogP contribution in [0.5, 0.6) is 0 Å². The summed E-state index contributed by atoms with van der Waals surface area (Å²) in [4.78, 5) is 16.7. The van der Waals surface area contributed by atoms with E-state index in [0.29, 0.717) is 6.42 Å². The third kappa shape index (κ3) is 4.05. The predicted molar refractivity (Wildman–Crippen MR) is 103 cm³/mol. The standard InChI is InChI=1S/C23H21FN2O/c24-18-11-9-17(10-12-18)23(21-13-14-22(27)26-21)20-8-4-7-19(25-20)15-16-5-2-1-3-6-16/h1-12,21,23H,13-15H2,(H,26,27)/t21-,23+/m1/s1. The summed E-state index contributed by atoms with van der Waals surface area (Å²) in [6.07, 6.45) is 2.03. The molecule has 4 heteroatoms. The molecule has 0 unspecified atom stereocenters. The molecular formula is C23H21FN2O. The fourth-order valence-corrected chi connectivity index (χ4v) is 3.74. The van der Waals surface area contributed by atoms with E-state index in [9.17, 15) is 9.18 Å². The minimum atomic E-state index is -0.265. The molecule has 2 aromatic carbocycles. The maximum Gasteiger partial charge on any atom is 0.220 e. The fourth-order valence-electron chi connectivity index (χ4n) is 3.74. The normalized spacial score (nSPS) is 17.5. The molecule has 1 fully saturated rings. The smallest absolute Gasteiger partial charge is 0.220 e. The number of aromatic nitrogens is 1. The average Bonchev–Trinajstić information content (AvgIpc) is 3.11. The second-order valence-corrected chi connectivity index (χ2v) is 6.96. The highest BCUT2D eigenvalue weighted by Gasteiger charge is 2.32. The topological polar surface area (TPSA) is 42.0 Å². The first-order chi connectivity index (χ1) is 13.2. The van der Waals surface area contributed by atoms with Crippen LogP contribution in [0, 0.1) is 5.82 Å². The van der Waals surface area contributed by atoms with Crippen molar-refractivity contribution in [3.05, 3.63) is 101 Å². The quantitative estimate of drug-likeness (QED) is 0.740. The van der Waals surface area contributed by atoms with Gasteiger partial charge in [-0.3, -0.25) is 9.78 Å². The minimum absolute atomic E-state index is 0.0255. The number of halogens is 1. The van der Waals surface area contributed by atoms with Gasteiger partial charge in [0.2, 0.25) is 5.91 Å². The van der Waals surface area contributed by atoms with E-state index >= 15 is 0 Å². The Kier molecular flexibility index (Phi) is 4.97. The van der Waals surface area contributed by atoms with Gasteiger partial charge in [0.05, 0.1) is 5.69 Å². The van der Waals surface area contributed by atoms with E-state index in [2.05, 4.69) is 17.4 Å². The summed E-state index contributed by atoms with van der Waals surface area (Å²) >= 11 is 0. The van der Waals surface area contributed by atoms with Crippen molar-refractivity contribution in [1.29, 1.82) is 0 Å². The lowest BCUT2D eigenvalue weighted by molar-refractivity contribution is -0.119. The van der Waals surface area contributed by atoms with Crippen molar-refractivity contribution in [3.63, 3.8) is 0 Å². The first-order valence-corrected chi connectivity index (χ1v) is 9.23. The Morgan fingerprint density at radius 1 is 1.00 bits per heavy atom. The van der Waals surface area contributed by atoms with Crippen LogP contribution in [-0.4, -0.2) is 16.9 Å². The van der Waals surface area contributed by atoms with Crippen LogP contribution in [0.25, 0.3) is 0 Å². The van der Waals surface area contributed by atoms with Gasteiger partial charge in [-0.15, -0.1) is 0 Å². The molecule has 4 rings (SSSR count). The number of carbonyl (C=O) groups is 1. The molecule has 1 aliphatic rings. The van der Waals surface area contributed by atoms with E-state index in [1.165, 1.54) is 17.7 Å². The Hall–Kier alpha value is -3.01. The highest BCUT2D eigenvalue weighted by Crippen LogP contribution is 2.31. The summed E-state index contributed by atoms with van der Waals surface area (Å²) in [7, 11) is 0. The third-order valence-electron chi connectivity index (χ3n) is 5.04. The zero-order chi connectivity index (χ0) is 18.6. The number of amides is 1. The number of pyridine rings is 1. The summed E-state index contributed by atoms with van der Waals surface area (Å²) in [6.45, 7) is 0. The van der Waals surface area contributed by atoms with Crippen LogP contribution in [0.15, 0.2) is 72.8 Å². The third-order valence-corrected chi connectivity index (χ3v) is 5.04. The summed E-state index contributed by atoms with van der Waals surface area (Å²) in [5.74, 6) is -0.293. The molecule has 136 valence electrons. The summed E-state index contributed by atoms with van der Waals surface area (Å²) in [6, 6.07) is 22.7. The van der Waals surface area contributed by atoms with Crippen LogP contribution in [0.4, 0.5) is 4.39 Å². The molecule has 0 saturated carbocycles. The molecule has 0 radical (unpaired) electrons. The fraction of sp³-hybridized carbons (Fsp3) is 0.217. The van der Waals surface area contributed by atoms with Gasteiger partial charge >= 0.3 is 0 Å². The van der Waals surface area contributed by atoms with Gasteiger partial charge in [-0.25, -0.2) is 4.39 Å². The van der Waals surface area contributed by atoms with E-state index < -0.39 is 0 Å². The maximum absolute atomic E-state index is 13.4. The van der Waals surface area contributed by atoms with Gasteiger partial charge in [0.1, 0.15) is 5.82 Å². The van der Waals surface area contributed by atoms with E-state index in [1.54, 1.807) is 12.1 Å². The summed E-state index contributed by atoms with van der Waals surface area (Å²) < 4.78 is 13.4. The lowest BCUT2D eigenvalue weighted by Gasteiger charge is -2.24. The monoisotopic (exact) mass is 360 g/mol. The second-order valence-electron chi connectivity index (χ2n) is 6.96. The molecule has 1 aromatic heterocycles. The van der Waals surface area contributed by atoms with Crippen LogP contribution in [0.1, 0.15) is 41.3 Å². The van der Waals surface area contributed by atoms with Crippen LogP contribution in [0.3, 0.4) is 0 Å². The van der Waals surface area contributed by atoms with Crippen molar-refractivity contribution in [1.82, 2.24) is 10.3 Å². The van der Waals surface area contributed by atoms with Crippen LogP contribution < -0.4 is 5.32 Å². The molecule has 2 atom stereocenters. The minimum Gasteiger partial charge on any atom is -0.352 e. The highest BCUT2D eigenvalue weighted by molar-refractivity contribution is 5.78. The molecule has 3 aromatic rings. The Balaban J connectivity index is 1.68. The highest BCUT2D eigenvalue weighted by atomic mass is 19.1. The molecule has 27 heavy (non-hydrogen) atoms. The van der Waals surface area contributed by atoms with E-state index in [1.807, 2.05) is 36.4 Å². The van der Waals surface area contributed by atoms with Gasteiger partial charge in [-0.1, -0.05) is 48.5 Å². The number of benzene rings is 2. The van der Waals surface area contributed by atoms with E-state index in [-0.39, 0.29) is 23.7 Å². The molecule has 1 N–H and O–H groups in total. The van der Waals surface area contributed by atoms with E-state index in [4.69, 9.17) is 4.98 Å². The van der Waals surface area contributed by atoms with Crippen molar-refractivity contribution >= 4 is 5.91 Å². The van der Waals surface area contributed by atoms with Gasteiger partial charge in [0.15, 0.2) is 0 Å². The van der Waals surface area contributed by atoms with Crippen molar-refractivity contribution in [2.75, 3.05) is 0 Å². The summed E-state index contributed by atoms with van der Waals surface area (Å²) in [5.41, 5.74) is 4.06. The molecule has 1 saturated heterocycles. The van der Waals surface area contributed by atoms with E-state index in [0.717, 1.165) is 29.8 Å². The molecule has 0 aliphatic carbocycles. The molecule has 2 heterocycles. The second kappa shape index (κ2) is 7.70. The Morgan fingerprint density at radius 3 is 2.48 bits per heavy atom. The van der Waals surface area contributed by atoms with Crippen molar-refractivity contribution in [2.45, 2.75) is 31.2 Å². The Labute approximate surface area is 158 Å². The average molecular weight is 360 g/mol. The molecule has 0 spiro atoms. The zero-order valence-electron chi connectivity index (χ0n) is 14.9. The first-order valence-electron chi connectivity index (χ1n) is 9.23. The number of nitrogens with one attached hydrogen (secondary N) is 1. The van der Waals surface area contributed by atoms with Crippen molar-refractivity contribution in [2.24, 2.45) is 0 Å². The van der Waals surface area contributed by atoms with Crippen molar-refractivity contribution < 1.29 is 9.18 Å². The number of nitrogens with zero attached hydrogens (tertiary/aromatic N) is 1. The number of hydrogen-bond donors (Lipinski definition) is 1. The molecule has 1 aliphatic heterocycles. The number of rotatable bonds is 5. The van der Waals surface area contributed by atoms with Crippen LogP contribution >= 0.6 is 0 Å².